The van der Waals surface area contributed by atoms with Gasteiger partial charge in [-0.15, -0.1) is 0 Å². The molecule has 40 heavy (non-hydrogen) atoms. The van der Waals surface area contributed by atoms with E-state index in [-0.39, 0.29) is 12.8 Å². The minimum Gasteiger partial charge on any atom is -0.454 e. The van der Waals surface area contributed by atoms with Crippen LogP contribution < -0.4 is 14.8 Å². The summed E-state index contributed by atoms with van der Waals surface area (Å²) in [5.74, 6) is 2.20. The number of aromatic amines is 2. The van der Waals surface area contributed by atoms with Gasteiger partial charge in [0.05, 0.1) is 34.8 Å². The molecular weight excluding hydrogens is 586 g/mol. The summed E-state index contributed by atoms with van der Waals surface area (Å²) in [5, 5.41) is 3.81. The number of hydrogen-bond acceptors (Lipinski definition) is 5. The molecule has 0 radical (unpaired) electrons. The van der Waals surface area contributed by atoms with Gasteiger partial charge in [-0.3, -0.25) is 4.57 Å². The van der Waals surface area contributed by atoms with E-state index >= 15 is 0 Å². The fourth-order valence-electron chi connectivity index (χ4n) is 5.16. The fourth-order valence-corrected chi connectivity index (χ4v) is 5.97. The topological polar surface area (TPSA) is 79.9 Å². The number of nitrogens with one attached hydrogen (secondary N) is 3. The Kier molecular flexibility index (Phi) is 6.37. The Morgan fingerprint density at radius 2 is 1.70 bits per heavy atom. The zero-order valence-corrected chi connectivity index (χ0v) is 23.6. The van der Waals surface area contributed by atoms with E-state index < -0.39 is 0 Å². The van der Waals surface area contributed by atoms with E-state index in [1.165, 1.54) is 11.1 Å². The molecule has 198 valence electrons. The number of fused-ring (bicyclic) bond motifs is 2. The third-order valence-corrected chi connectivity index (χ3v) is 8.02. The maximum absolute atomic E-state index is 5.96. The highest BCUT2D eigenvalue weighted by Crippen LogP contribution is 2.44. The maximum atomic E-state index is 5.96. The lowest BCUT2D eigenvalue weighted by molar-refractivity contribution is 0.174. The van der Waals surface area contributed by atoms with Gasteiger partial charge < -0.3 is 24.8 Å². The van der Waals surface area contributed by atoms with Crippen molar-refractivity contribution in [2.24, 2.45) is 0 Å². The highest BCUT2D eigenvalue weighted by molar-refractivity contribution is 9.10. The summed E-state index contributed by atoms with van der Waals surface area (Å²) in [7, 11) is 0. The fraction of sp³-hybridized carbons (Fsp3) is 0.0968. The van der Waals surface area contributed by atoms with Crippen LogP contribution in [0.25, 0.3) is 28.0 Å². The molecule has 0 amide bonds. The molecule has 1 atom stereocenters. The first-order valence-corrected chi connectivity index (χ1v) is 14.1. The molecule has 7 rings (SSSR count). The highest BCUT2D eigenvalue weighted by atomic mass is 79.9. The molecule has 0 fully saturated rings. The van der Waals surface area contributed by atoms with E-state index in [0.29, 0.717) is 16.3 Å². The lowest BCUT2D eigenvalue weighted by Gasteiger charge is -2.22. The van der Waals surface area contributed by atoms with Crippen LogP contribution in [-0.4, -0.2) is 26.3 Å². The minimum absolute atomic E-state index is 0.0216. The zero-order chi connectivity index (χ0) is 27.1. The van der Waals surface area contributed by atoms with E-state index in [0.717, 1.165) is 44.7 Å². The van der Waals surface area contributed by atoms with Gasteiger partial charge in [-0.25, -0.2) is 4.98 Å². The minimum atomic E-state index is -0.0216. The molecule has 0 spiro atoms. The van der Waals surface area contributed by atoms with Crippen LogP contribution in [0.2, 0.25) is 0 Å². The van der Waals surface area contributed by atoms with Crippen molar-refractivity contribution in [3.63, 3.8) is 0 Å². The third kappa shape index (κ3) is 4.57. The quantitative estimate of drug-likeness (QED) is 0.160. The number of imidazole rings is 2. The van der Waals surface area contributed by atoms with Gasteiger partial charge >= 0.3 is 0 Å². The molecule has 0 bridgehead atoms. The number of ether oxygens (including phenoxy) is 2. The van der Waals surface area contributed by atoms with Gasteiger partial charge in [-0.05, 0) is 76.0 Å². The molecule has 4 aromatic carbocycles. The summed E-state index contributed by atoms with van der Waals surface area (Å²) in [4.78, 5) is 11.1. The molecule has 1 unspecified atom stereocenters. The average Bonchev–Trinajstić information content (AvgIpc) is 3.71. The van der Waals surface area contributed by atoms with Crippen molar-refractivity contribution in [2.75, 3.05) is 12.1 Å². The molecule has 0 saturated heterocycles. The summed E-state index contributed by atoms with van der Waals surface area (Å²) in [6.45, 7) is 0.194. The van der Waals surface area contributed by atoms with Crippen molar-refractivity contribution in [1.29, 1.82) is 0 Å². The monoisotopic (exact) mass is 609 g/mol. The summed E-state index contributed by atoms with van der Waals surface area (Å²) in [5.41, 5.74) is 6.92. The normalized spacial score (nSPS) is 13.0. The number of benzene rings is 4. The van der Waals surface area contributed by atoms with E-state index in [9.17, 15) is 0 Å². The van der Waals surface area contributed by atoms with Gasteiger partial charge in [0.1, 0.15) is 5.82 Å². The molecule has 1 aliphatic rings. The van der Waals surface area contributed by atoms with Crippen LogP contribution in [0, 0.1) is 4.77 Å². The molecule has 2 aromatic heterocycles. The number of anilines is 1. The predicted octanol–water partition coefficient (Wildman–Crippen LogP) is 7.97. The van der Waals surface area contributed by atoms with Crippen molar-refractivity contribution in [3.05, 3.63) is 118 Å². The van der Waals surface area contributed by atoms with Crippen LogP contribution in [0.4, 0.5) is 5.82 Å². The second kappa shape index (κ2) is 10.3. The van der Waals surface area contributed by atoms with Crippen LogP contribution in [0.5, 0.6) is 11.5 Å². The zero-order valence-electron chi connectivity index (χ0n) is 21.2. The van der Waals surface area contributed by atoms with E-state index in [1.807, 2.05) is 41.0 Å². The van der Waals surface area contributed by atoms with Gasteiger partial charge in [-0.2, -0.15) is 0 Å². The van der Waals surface area contributed by atoms with Crippen molar-refractivity contribution in [1.82, 2.24) is 19.5 Å². The van der Waals surface area contributed by atoms with Crippen molar-refractivity contribution >= 4 is 45.0 Å². The number of aromatic nitrogens is 4. The Labute approximate surface area is 244 Å². The molecule has 1 aliphatic heterocycles. The smallest absolute Gasteiger partial charge is 0.231 e. The Morgan fingerprint density at radius 1 is 0.950 bits per heavy atom. The van der Waals surface area contributed by atoms with E-state index in [2.05, 4.69) is 90.8 Å². The second-order valence-corrected chi connectivity index (χ2v) is 10.8. The summed E-state index contributed by atoms with van der Waals surface area (Å²) >= 11 is 9.75. The molecule has 0 saturated carbocycles. The van der Waals surface area contributed by atoms with Crippen LogP contribution in [0.15, 0.2) is 102 Å². The van der Waals surface area contributed by atoms with Crippen molar-refractivity contribution in [3.8, 4) is 28.4 Å². The van der Waals surface area contributed by atoms with Gasteiger partial charge in [0, 0.05) is 10.0 Å². The highest BCUT2D eigenvalue weighted by Gasteiger charge is 2.25. The third-order valence-electron chi connectivity index (χ3n) is 7.08. The molecule has 3 heterocycles. The van der Waals surface area contributed by atoms with Crippen LogP contribution in [0.3, 0.4) is 0 Å². The Morgan fingerprint density at radius 3 is 2.50 bits per heavy atom. The Hall–Kier alpha value is -4.34. The summed E-state index contributed by atoms with van der Waals surface area (Å²) in [6, 6.07) is 30.9. The standard InChI is InChI=1S/C31H24BrN5O2S/c32-23-16-28-27(38-18-39-28)15-22(23)29-30(36-31(40)37(29)21-11-12-24-26(14-21)34-17-33-24)35-25(20-9-5-2-6-10-20)13-19-7-3-1-4-8-19/h1-12,14-17,25,35H,13,18H2,(H,33,34)(H,36,40). The SMILES string of the molecule is S=c1[nH]c(NC(Cc2ccccc2)c2ccccc2)c(-c2cc3c(cc2Br)OCO3)n1-c1ccc2nc[nH]c2c1. The number of hydrogen-bond donors (Lipinski definition) is 3. The Balaban J connectivity index is 1.41. The van der Waals surface area contributed by atoms with Gasteiger partial charge in [0.2, 0.25) is 6.79 Å². The van der Waals surface area contributed by atoms with Crippen molar-refractivity contribution in [2.45, 2.75) is 12.5 Å². The predicted molar refractivity (Wildman–Crippen MR) is 163 cm³/mol. The second-order valence-electron chi connectivity index (χ2n) is 9.58. The first-order chi connectivity index (χ1) is 19.6. The number of H-pyrrole nitrogens is 2. The molecule has 7 nitrogen and oxygen atoms in total. The molecule has 9 heteroatoms. The van der Waals surface area contributed by atoms with Gasteiger partial charge in [-0.1, -0.05) is 60.7 Å². The molecule has 3 N–H and O–H groups in total. The van der Waals surface area contributed by atoms with Crippen molar-refractivity contribution < 1.29 is 9.47 Å². The molecule has 6 aromatic rings. The van der Waals surface area contributed by atoms with Gasteiger partial charge in [0.25, 0.3) is 0 Å². The summed E-state index contributed by atoms with van der Waals surface area (Å²) in [6.07, 6.45) is 2.49. The van der Waals surface area contributed by atoms with Crippen LogP contribution >= 0.6 is 28.1 Å². The first-order valence-electron chi connectivity index (χ1n) is 12.9. The molecular formula is C31H24BrN5O2S. The average molecular weight is 611 g/mol. The largest absolute Gasteiger partial charge is 0.454 e. The number of nitrogens with zero attached hydrogens (tertiary/aromatic N) is 2. The molecule has 0 aliphatic carbocycles. The van der Waals surface area contributed by atoms with E-state index in [4.69, 9.17) is 21.7 Å². The maximum Gasteiger partial charge on any atom is 0.231 e. The summed E-state index contributed by atoms with van der Waals surface area (Å²) < 4.78 is 14.9. The lowest BCUT2D eigenvalue weighted by Crippen LogP contribution is -2.15. The van der Waals surface area contributed by atoms with Crippen LogP contribution in [0.1, 0.15) is 17.2 Å². The number of rotatable bonds is 7. The first kappa shape index (κ1) is 24.7. The van der Waals surface area contributed by atoms with Gasteiger partial charge in [0.15, 0.2) is 16.3 Å². The van der Waals surface area contributed by atoms with Crippen LogP contribution in [-0.2, 0) is 6.42 Å². The number of halogens is 1. The van der Waals surface area contributed by atoms with E-state index in [1.54, 1.807) is 6.33 Å². The lowest BCUT2D eigenvalue weighted by atomic mass is 9.98. The Bertz CT molecular complexity index is 1880.